The number of piperazine rings is 2. The predicted octanol–water partition coefficient (Wildman–Crippen LogP) is 7.89. The highest BCUT2D eigenvalue weighted by molar-refractivity contribution is 7.13. The Labute approximate surface area is 520 Å². The van der Waals surface area contributed by atoms with Gasteiger partial charge in [0.25, 0.3) is 5.91 Å². The smallest absolute Gasteiger partial charge is 0.391 e. The summed E-state index contributed by atoms with van der Waals surface area (Å²) in [7, 11) is 1.97. The summed E-state index contributed by atoms with van der Waals surface area (Å²) < 4.78 is 58.2. The monoisotopic (exact) mass is 1250 g/mol. The van der Waals surface area contributed by atoms with E-state index in [0.717, 1.165) is 53.8 Å². The van der Waals surface area contributed by atoms with Gasteiger partial charge in [0.2, 0.25) is 35.1 Å². The summed E-state index contributed by atoms with van der Waals surface area (Å²) in [6.45, 7) is 14.8. The summed E-state index contributed by atoms with van der Waals surface area (Å²) in [5.74, 6) is -2.62. The molecule has 1 unspecified atom stereocenters. The molecular formula is C64H82F4N12O8S. The number of likely N-dealkylation sites (tertiary alicyclic amines) is 1. The molecule has 0 bridgehead atoms. The lowest BCUT2D eigenvalue weighted by Gasteiger charge is -2.44. The first kappa shape index (κ1) is 67.2. The van der Waals surface area contributed by atoms with Crippen molar-refractivity contribution in [2.75, 3.05) is 74.5 Å². The van der Waals surface area contributed by atoms with Crippen LogP contribution in [0.3, 0.4) is 0 Å². The summed E-state index contributed by atoms with van der Waals surface area (Å²) in [6.07, 6.45) is 1.53. The molecule has 3 aliphatic heterocycles. The van der Waals surface area contributed by atoms with E-state index in [-0.39, 0.29) is 91.4 Å². The van der Waals surface area contributed by atoms with Crippen molar-refractivity contribution in [3.63, 3.8) is 0 Å². The molecule has 3 saturated heterocycles. The van der Waals surface area contributed by atoms with E-state index in [9.17, 15) is 51.8 Å². The average molecular weight is 1260 g/mol. The van der Waals surface area contributed by atoms with Crippen LogP contribution in [0.4, 0.5) is 34.8 Å². The van der Waals surface area contributed by atoms with Crippen LogP contribution in [0.1, 0.15) is 126 Å². The number of rotatable bonds is 23. The third kappa shape index (κ3) is 17.6. The molecule has 25 heteroatoms. The van der Waals surface area contributed by atoms with E-state index in [0.29, 0.717) is 75.9 Å². The number of unbranched alkanes of at least 4 members (excludes halogenated alkanes) is 5. The maximum absolute atomic E-state index is 16.2. The van der Waals surface area contributed by atoms with Crippen molar-refractivity contribution in [3.8, 4) is 21.6 Å². The van der Waals surface area contributed by atoms with Gasteiger partial charge in [0.15, 0.2) is 0 Å². The lowest BCUT2D eigenvalue weighted by atomic mass is 9.85. The number of nitrogens with zero attached hydrogens (tertiary/aromatic N) is 7. The van der Waals surface area contributed by atoms with Gasteiger partial charge in [0.1, 0.15) is 23.7 Å². The number of halogens is 4. The van der Waals surface area contributed by atoms with Crippen LogP contribution >= 0.6 is 11.3 Å². The first-order chi connectivity index (χ1) is 42.2. The normalized spacial score (nSPS) is 18.6. The molecule has 5 aromatic rings. The van der Waals surface area contributed by atoms with Crippen LogP contribution in [0.25, 0.3) is 21.6 Å². The van der Waals surface area contributed by atoms with E-state index in [1.165, 1.54) is 23.2 Å². The number of hydrogen-bond acceptors (Lipinski definition) is 14. The van der Waals surface area contributed by atoms with Crippen LogP contribution in [0, 0.1) is 18.2 Å². The molecule has 89 heavy (non-hydrogen) atoms. The maximum Gasteiger partial charge on any atom is 0.417 e. The van der Waals surface area contributed by atoms with Gasteiger partial charge >= 0.3 is 6.18 Å². The Kier molecular flexibility index (Phi) is 22.4. The topological polar surface area (TPSA) is 246 Å². The Bertz CT molecular complexity index is 3350. The molecule has 5 atom stereocenters. The number of benzene rings is 2. The van der Waals surface area contributed by atoms with Gasteiger partial charge in [-0.1, -0.05) is 70.7 Å². The molecule has 6 heterocycles. The summed E-state index contributed by atoms with van der Waals surface area (Å²) in [6, 6.07) is 12.4. The van der Waals surface area contributed by atoms with Gasteiger partial charge in [-0.2, -0.15) is 13.2 Å². The predicted molar refractivity (Wildman–Crippen MR) is 334 cm³/mol. The fraction of sp³-hybridized carbons (Fsp3) is 0.516. The molecule has 2 aromatic carbocycles. The van der Waals surface area contributed by atoms with Crippen molar-refractivity contribution < 1.29 is 51.4 Å². The number of likely N-dealkylation sites (N-methyl/N-ethyl adjacent to an activating group) is 1. The van der Waals surface area contributed by atoms with Gasteiger partial charge in [-0.15, -0.1) is 11.3 Å². The molecule has 3 aliphatic rings. The standard InChI is InChI=1S/C64H82F4N12O8S/c1-39-35-79(36-40(2)76(39)7)51-31-49(65)46(29-50(51)74-60(86)47-34-71-56(84)30-48(47)64(66,67)68)44-19-20-53(70-33-44)77-24-26-78(27-25-77)57(85)22-21-54(82)69-23-13-11-9-8-10-12-14-55(83)75-59(63(4,5)6)62(88)80-37-45(81)28-52(80)61(87)72-32-42-15-17-43(18-16-42)58-41(3)73-38-89-58/h15-20,29-31,33-34,38-40,45,52,59,81H,8-14,21-28,32,35-37H2,1-7H3,(H,69,82)(H,71,84)(H,72,87)(H,74,86)(H,75,83)/t39-,40+,45-,52+,59?/m1/s1. The molecule has 8 rings (SSSR count). The second kappa shape index (κ2) is 29.7. The highest BCUT2D eigenvalue weighted by Gasteiger charge is 2.45. The highest BCUT2D eigenvalue weighted by atomic mass is 32.1. The fourth-order valence-electron chi connectivity index (χ4n) is 11.6. The van der Waals surface area contributed by atoms with E-state index in [1.807, 2.05) is 82.7 Å². The number of anilines is 3. The highest BCUT2D eigenvalue weighted by Crippen LogP contribution is 2.38. The van der Waals surface area contributed by atoms with Gasteiger partial charge < -0.3 is 51.0 Å². The minimum atomic E-state index is -5.00. The number of aliphatic hydroxyl groups is 1. The zero-order valence-corrected chi connectivity index (χ0v) is 52.4. The largest absolute Gasteiger partial charge is 0.417 e. The van der Waals surface area contributed by atoms with Crippen molar-refractivity contribution in [3.05, 3.63) is 111 Å². The second-order valence-corrected chi connectivity index (χ2v) is 25.5. The van der Waals surface area contributed by atoms with Crippen LogP contribution in [0.2, 0.25) is 0 Å². The molecule has 6 amide bonds. The number of aryl methyl sites for hydroxylation is 1. The summed E-state index contributed by atoms with van der Waals surface area (Å²) in [5.41, 5.74) is 1.51. The molecule has 0 aliphatic carbocycles. The molecule has 480 valence electrons. The number of aliphatic hydroxyl groups excluding tert-OH is 1. The Hall–Kier alpha value is -7.77. The average Bonchev–Trinajstić information content (AvgIpc) is 3.77. The van der Waals surface area contributed by atoms with Gasteiger partial charge in [-0.3, -0.25) is 38.5 Å². The molecule has 0 radical (unpaired) electrons. The number of β-amino-alcohol motifs (C(OH)–C–C–N with tert-alkyl or cyclic N) is 1. The summed E-state index contributed by atoms with van der Waals surface area (Å²) >= 11 is 1.56. The number of thiazole rings is 1. The number of H-pyrrole nitrogens is 1. The number of aromatic amines is 1. The van der Waals surface area contributed by atoms with E-state index in [4.69, 9.17) is 0 Å². The van der Waals surface area contributed by atoms with Crippen molar-refractivity contribution in [2.45, 2.75) is 149 Å². The van der Waals surface area contributed by atoms with E-state index < -0.39 is 64.1 Å². The van der Waals surface area contributed by atoms with Crippen LogP contribution in [0.15, 0.2) is 77.3 Å². The molecular weight excluding hydrogens is 1170 g/mol. The summed E-state index contributed by atoms with van der Waals surface area (Å²) in [5, 5.41) is 22.0. The van der Waals surface area contributed by atoms with Gasteiger partial charge in [-0.05, 0) is 81.5 Å². The Morgan fingerprint density at radius 2 is 1.47 bits per heavy atom. The Morgan fingerprint density at radius 3 is 2.11 bits per heavy atom. The number of hydrogen-bond donors (Lipinski definition) is 6. The zero-order chi connectivity index (χ0) is 64.3. The zero-order valence-electron chi connectivity index (χ0n) is 51.6. The Morgan fingerprint density at radius 1 is 0.798 bits per heavy atom. The third-order valence-electron chi connectivity index (χ3n) is 17.0. The van der Waals surface area contributed by atoms with E-state index in [1.54, 1.807) is 33.9 Å². The quantitative estimate of drug-likeness (QED) is 0.0269. The first-order valence-electron chi connectivity index (χ1n) is 30.5. The van der Waals surface area contributed by atoms with Gasteiger partial charge in [-0.25, -0.2) is 14.4 Å². The fourth-order valence-corrected chi connectivity index (χ4v) is 12.4. The lowest BCUT2D eigenvalue weighted by molar-refractivity contribution is -0.144. The third-order valence-corrected chi connectivity index (χ3v) is 17.9. The van der Waals surface area contributed by atoms with Gasteiger partial charge in [0.05, 0.1) is 44.7 Å². The molecule has 0 saturated carbocycles. The SMILES string of the molecule is Cc1ncsc1-c1ccc(CNC(=O)[C@@H]2C[C@@H](O)CN2C(=O)C(NC(=O)CCCCCCCCNC(=O)CCC(=O)N2CCN(c3ccc(-c4cc(NC(=O)c5c[nH]c(=O)cc5C(F)(F)F)c(N5C[C@@H](C)N(C)[C@@H](C)C5)cc4F)cn3)CC2)C(C)(C)C)cc1. The minimum Gasteiger partial charge on any atom is -0.391 e. The number of alkyl halides is 3. The number of pyridine rings is 2. The number of amides is 6. The van der Waals surface area contributed by atoms with E-state index >= 15 is 4.39 Å². The van der Waals surface area contributed by atoms with Crippen molar-refractivity contribution in [1.82, 2.24) is 45.6 Å². The Balaban J connectivity index is 0.719. The van der Waals surface area contributed by atoms with Crippen molar-refractivity contribution >= 4 is 64.0 Å². The van der Waals surface area contributed by atoms with Crippen LogP contribution in [-0.2, 0) is 36.7 Å². The van der Waals surface area contributed by atoms with Gasteiger partial charge in [0, 0.05) is 126 Å². The molecule has 0 spiro atoms. The van der Waals surface area contributed by atoms with Crippen molar-refractivity contribution in [1.29, 1.82) is 0 Å². The minimum absolute atomic E-state index is 0.0122. The van der Waals surface area contributed by atoms with Crippen LogP contribution in [-0.4, -0.2) is 160 Å². The number of aromatic nitrogens is 3. The molecule has 3 aromatic heterocycles. The number of carbonyl (C=O) groups is 6. The molecule has 20 nitrogen and oxygen atoms in total. The van der Waals surface area contributed by atoms with Crippen LogP contribution in [0.5, 0.6) is 0 Å². The van der Waals surface area contributed by atoms with E-state index in [2.05, 4.69) is 41.1 Å². The van der Waals surface area contributed by atoms with Crippen molar-refractivity contribution in [2.24, 2.45) is 5.41 Å². The van der Waals surface area contributed by atoms with Crippen LogP contribution < -0.4 is 36.6 Å². The number of carbonyl (C=O) groups excluding carboxylic acids is 6. The molecule has 3 fully saturated rings. The summed E-state index contributed by atoms with van der Waals surface area (Å²) in [4.78, 5) is 113. The molecule has 6 N–H and O–H groups in total. The lowest BCUT2D eigenvalue weighted by Crippen LogP contribution is -2.57. The maximum atomic E-state index is 16.2. The number of nitrogens with one attached hydrogen (secondary N) is 5. The first-order valence-corrected chi connectivity index (χ1v) is 31.4. The second-order valence-electron chi connectivity index (χ2n) is 24.6.